The largest absolute Gasteiger partial charge is 0.353 e. The Morgan fingerprint density at radius 3 is 2.61 bits per heavy atom. The van der Waals surface area contributed by atoms with Crippen molar-refractivity contribution in [2.45, 2.75) is 19.0 Å². The van der Waals surface area contributed by atoms with Crippen LogP contribution in [-0.4, -0.2) is 60.2 Å². The smallest absolute Gasteiger partial charge is 0.249 e. The minimum Gasteiger partial charge on any atom is -0.353 e. The van der Waals surface area contributed by atoms with Crippen LogP contribution in [0.2, 0.25) is 0 Å². The molecular formula is C10H14N4O4. The third-order valence-electron chi connectivity index (χ3n) is 3.02. The number of piperazine rings is 2. The second kappa shape index (κ2) is 4.73. The molecule has 0 spiro atoms. The van der Waals surface area contributed by atoms with E-state index >= 15 is 0 Å². The normalized spacial score (nSPS) is 28.7. The van der Waals surface area contributed by atoms with E-state index < -0.39 is 23.9 Å². The van der Waals surface area contributed by atoms with E-state index in [1.54, 1.807) is 6.92 Å². The molecule has 3 N–H and O–H groups in total. The SMILES string of the molecule is CC1C(=O)NC(=O)CN1C(=O)C1CNC(=O)CN1. The summed E-state index contributed by atoms with van der Waals surface area (Å²) in [7, 11) is 0. The van der Waals surface area contributed by atoms with Crippen molar-refractivity contribution >= 4 is 23.6 Å². The van der Waals surface area contributed by atoms with E-state index in [4.69, 9.17) is 0 Å². The van der Waals surface area contributed by atoms with Crippen LogP contribution in [0.3, 0.4) is 0 Å². The fourth-order valence-electron chi connectivity index (χ4n) is 1.92. The first kappa shape index (κ1) is 12.5. The number of imide groups is 1. The summed E-state index contributed by atoms with van der Waals surface area (Å²) in [6, 6.07) is -1.28. The molecule has 98 valence electrons. The van der Waals surface area contributed by atoms with Crippen LogP contribution < -0.4 is 16.0 Å². The monoisotopic (exact) mass is 254 g/mol. The van der Waals surface area contributed by atoms with Crippen molar-refractivity contribution in [1.29, 1.82) is 0 Å². The van der Waals surface area contributed by atoms with Gasteiger partial charge in [-0.05, 0) is 6.92 Å². The Labute approximate surface area is 103 Å². The van der Waals surface area contributed by atoms with Gasteiger partial charge in [-0.1, -0.05) is 0 Å². The first-order valence-corrected chi connectivity index (χ1v) is 5.63. The molecule has 0 radical (unpaired) electrons. The molecule has 8 heteroatoms. The van der Waals surface area contributed by atoms with E-state index in [2.05, 4.69) is 16.0 Å². The molecule has 0 aromatic carbocycles. The molecule has 18 heavy (non-hydrogen) atoms. The number of carbonyl (C=O) groups excluding carboxylic acids is 4. The minimum absolute atomic E-state index is 0.0543. The minimum atomic E-state index is -0.686. The van der Waals surface area contributed by atoms with E-state index in [0.29, 0.717) is 0 Å². The van der Waals surface area contributed by atoms with Crippen LogP contribution in [0.25, 0.3) is 0 Å². The summed E-state index contributed by atoms with van der Waals surface area (Å²) in [6.45, 7) is 1.63. The Kier molecular flexibility index (Phi) is 3.28. The van der Waals surface area contributed by atoms with E-state index in [9.17, 15) is 19.2 Å². The molecule has 0 aromatic rings. The Morgan fingerprint density at radius 1 is 1.28 bits per heavy atom. The molecule has 2 heterocycles. The summed E-state index contributed by atoms with van der Waals surface area (Å²) in [6.07, 6.45) is 0. The van der Waals surface area contributed by atoms with E-state index in [1.165, 1.54) is 4.90 Å². The average molecular weight is 254 g/mol. The summed E-state index contributed by atoms with van der Waals surface area (Å²) >= 11 is 0. The third-order valence-corrected chi connectivity index (χ3v) is 3.02. The van der Waals surface area contributed by atoms with Crippen molar-refractivity contribution in [3.63, 3.8) is 0 Å². The predicted octanol–water partition coefficient (Wildman–Crippen LogP) is -3.05. The average Bonchev–Trinajstić information content (AvgIpc) is 2.34. The lowest BCUT2D eigenvalue weighted by Crippen LogP contribution is -2.65. The zero-order chi connectivity index (χ0) is 13.3. The van der Waals surface area contributed by atoms with Crippen molar-refractivity contribution < 1.29 is 19.2 Å². The van der Waals surface area contributed by atoms with Crippen LogP contribution in [0, 0.1) is 0 Å². The van der Waals surface area contributed by atoms with Crippen molar-refractivity contribution in [2.24, 2.45) is 0 Å². The number of nitrogens with zero attached hydrogens (tertiary/aromatic N) is 1. The first-order valence-electron chi connectivity index (χ1n) is 5.63. The molecule has 8 nitrogen and oxygen atoms in total. The number of carbonyl (C=O) groups is 4. The Morgan fingerprint density at radius 2 is 2.00 bits per heavy atom. The molecule has 4 amide bonds. The zero-order valence-corrected chi connectivity index (χ0v) is 9.86. The Hall–Kier alpha value is -1.96. The van der Waals surface area contributed by atoms with Crippen LogP contribution in [0.1, 0.15) is 6.92 Å². The zero-order valence-electron chi connectivity index (χ0n) is 9.86. The summed E-state index contributed by atoms with van der Waals surface area (Å²) in [5.74, 6) is -1.52. The van der Waals surface area contributed by atoms with Gasteiger partial charge in [0, 0.05) is 6.54 Å². The summed E-state index contributed by atoms with van der Waals surface area (Å²) in [5, 5.41) is 7.49. The topological polar surface area (TPSA) is 108 Å². The van der Waals surface area contributed by atoms with Gasteiger partial charge < -0.3 is 10.2 Å². The van der Waals surface area contributed by atoms with Crippen molar-refractivity contribution in [1.82, 2.24) is 20.9 Å². The standard InChI is InChI=1S/C10H14N4O4/c1-5-9(17)13-8(16)4-14(5)10(18)6-2-12-7(15)3-11-6/h5-6,11H,2-4H2,1H3,(H,12,15)(H,13,16,17). The third kappa shape index (κ3) is 2.33. The van der Waals surface area contributed by atoms with Gasteiger partial charge in [0.2, 0.25) is 23.6 Å². The van der Waals surface area contributed by atoms with Gasteiger partial charge in [0.1, 0.15) is 18.6 Å². The summed E-state index contributed by atoms with van der Waals surface area (Å²) in [5.41, 5.74) is 0. The van der Waals surface area contributed by atoms with Crippen LogP contribution in [0.4, 0.5) is 0 Å². The maximum Gasteiger partial charge on any atom is 0.249 e. The lowest BCUT2D eigenvalue weighted by Gasteiger charge is -2.35. The fraction of sp³-hybridized carbons (Fsp3) is 0.600. The maximum atomic E-state index is 12.1. The van der Waals surface area contributed by atoms with Gasteiger partial charge in [-0.3, -0.25) is 29.8 Å². The lowest BCUT2D eigenvalue weighted by atomic mass is 10.1. The highest BCUT2D eigenvalue weighted by Crippen LogP contribution is 2.07. The van der Waals surface area contributed by atoms with E-state index in [-0.39, 0.29) is 31.4 Å². The molecule has 2 unspecified atom stereocenters. The number of hydrogen-bond donors (Lipinski definition) is 3. The lowest BCUT2D eigenvalue weighted by molar-refractivity contribution is -0.151. The predicted molar refractivity (Wildman–Crippen MR) is 59.1 cm³/mol. The number of hydrogen-bond acceptors (Lipinski definition) is 5. The van der Waals surface area contributed by atoms with Crippen LogP contribution in [0.15, 0.2) is 0 Å². The van der Waals surface area contributed by atoms with Gasteiger partial charge >= 0.3 is 0 Å². The molecule has 0 aliphatic carbocycles. The highest BCUT2D eigenvalue weighted by atomic mass is 16.2. The number of nitrogens with one attached hydrogen (secondary N) is 3. The van der Waals surface area contributed by atoms with Crippen LogP contribution in [0.5, 0.6) is 0 Å². The van der Waals surface area contributed by atoms with E-state index in [1.807, 2.05) is 0 Å². The molecule has 2 saturated heterocycles. The molecule has 2 aliphatic heterocycles. The molecule has 2 atom stereocenters. The summed E-state index contributed by atoms with van der Waals surface area (Å²) < 4.78 is 0. The highest BCUT2D eigenvalue weighted by Gasteiger charge is 2.37. The quantitative estimate of drug-likeness (QED) is 0.431. The van der Waals surface area contributed by atoms with Crippen molar-refractivity contribution in [3.05, 3.63) is 0 Å². The fourth-order valence-corrected chi connectivity index (χ4v) is 1.92. The van der Waals surface area contributed by atoms with Crippen molar-refractivity contribution in [3.8, 4) is 0 Å². The second-order valence-electron chi connectivity index (χ2n) is 4.29. The first-order chi connectivity index (χ1) is 8.49. The molecule has 0 saturated carbocycles. The molecular weight excluding hydrogens is 240 g/mol. The molecule has 2 fully saturated rings. The van der Waals surface area contributed by atoms with Gasteiger partial charge in [-0.15, -0.1) is 0 Å². The highest BCUT2D eigenvalue weighted by molar-refractivity contribution is 6.04. The Bertz CT molecular complexity index is 412. The van der Waals surface area contributed by atoms with E-state index in [0.717, 1.165) is 0 Å². The maximum absolute atomic E-state index is 12.1. The molecule has 2 rings (SSSR count). The molecule has 0 aromatic heterocycles. The van der Waals surface area contributed by atoms with Gasteiger partial charge in [-0.2, -0.15) is 0 Å². The van der Waals surface area contributed by atoms with Gasteiger partial charge in [0.15, 0.2) is 0 Å². The van der Waals surface area contributed by atoms with Crippen LogP contribution >= 0.6 is 0 Å². The van der Waals surface area contributed by atoms with Gasteiger partial charge in [-0.25, -0.2) is 0 Å². The number of amides is 4. The van der Waals surface area contributed by atoms with Gasteiger partial charge in [0.25, 0.3) is 0 Å². The van der Waals surface area contributed by atoms with Gasteiger partial charge in [0.05, 0.1) is 6.54 Å². The van der Waals surface area contributed by atoms with Crippen molar-refractivity contribution in [2.75, 3.05) is 19.6 Å². The molecule has 0 bridgehead atoms. The summed E-state index contributed by atoms with van der Waals surface area (Å²) in [4.78, 5) is 47.0. The Balaban J connectivity index is 2.05. The second-order valence-corrected chi connectivity index (χ2v) is 4.29. The molecule has 2 aliphatic rings. The van der Waals surface area contributed by atoms with Crippen LogP contribution in [-0.2, 0) is 19.2 Å². The number of rotatable bonds is 1.